The van der Waals surface area contributed by atoms with Gasteiger partial charge in [0.2, 0.25) is 10.0 Å². The fourth-order valence-corrected chi connectivity index (χ4v) is 4.26. The van der Waals surface area contributed by atoms with Crippen LogP contribution in [0.3, 0.4) is 0 Å². The van der Waals surface area contributed by atoms with E-state index in [-0.39, 0.29) is 23.3 Å². The second kappa shape index (κ2) is 6.85. The molecule has 1 N–H and O–H groups in total. The third-order valence-corrected chi connectivity index (χ3v) is 5.60. The standard InChI is InChI=1S/C13H19FN2O2S.ClH/c1-10-5-3-7-12(14)13(10)19(17,18)16-8-4-6-11(9-16)15-2;/h3,5,7,11,15H,4,6,8-9H2,1-2H3;1H. The highest BCUT2D eigenvalue weighted by Crippen LogP contribution is 2.25. The summed E-state index contributed by atoms with van der Waals surface area (Å²) in [5, 5.41) is 3.09. The summed E-state index contributed by atoms with van der Waals surface area (Å²) >= 11 is 0. The lowest BCUT2D eigenvalue weighted by molar-refractivity contribution is 0.292. The highest BCUT2D eigenvalue weighted by molar-refractivity contribution is 7.89. The molecule has 0 amide bonds. The molecule has 1 unspecified atom stereocenters. The van der Waals surface area contributed by atoms with E-state index in [4.69, 9.17) is 0 Å². The van der Waals surface area contributed by atoms with E-state index in [1.54, 1.807) is 13.0 Å². The number of halogens is 2. The van der Waals surface area contributed by atoms with Crippen LogP contribution in [-0.2, 0) is 10.0 Å². The van der Waals surface area contributed by atoms with Crippen LogP contribution in [0.25, 0.3) is 0 Å². The zero-order valence-electron chi connectivity index (χ0n) is 11.6. The van der Waals surface area contributed by atoms with Crippen molar-refractivity contribution in [2.45, 2.75) is 30.7 Å². The van der Waals surface area contributed by atoms with Gasteiger partial charge < -0.3 is 5.32 Å². The first kappa shape index (κ1) is 17.4. The molecule has 0 spiro atoms. The molecule has 1 aliphatic heterocycles. The van der Waals surface area contributed by atoms with Crippen molar-refractivity contribution in [3.05, 3.63) is 29.6 Å². The molecule has 0 bridgehead atoms. The molecule has 1 fully saturated rings. The van der Waals surface area contributed by atoms with Gasteiger partial charge in [0.05, 0.1) is 0 Å². The van der Waals surface area contributed by atoms with Gasteiger partial charge in [0.25, 0.3) is 0 Å². The van der Waals surface area contributed by atoms with E-state index >= 15 is 0 Å². The number of hydrogen-bond donors (Lipinski definition) is 1. The predicted molar refractivity (Wildman–Crippen MR) is 79.2 cm³/mol. The molecule has 4 nitrogen and oxygen atoms in total. The molecule has 1 heterocycles. The average molecular weight is 323 g/mol. The summed E-state index contributed by atoms with van der Waals surface area (Å²) in [4.78, 5) is -0.188. The van der Waals surface area contributed by atoms with Gasteiger partial charge >= 0.3 is 0 Å². The fraction of sp³-hybridized carbons (Fsp3) is 0.538. The molecule has 1 aromatic rings. The molecule has 2 rings (SSSR count). The molecule has 0 radical (unpaired) electrons. The van der Waals surface area contributed by atoms with E-state index in [2.05, 4.69) is 5.32 Å². The van der Waals surface area contributed by atoms with Crippen molar-refractivity contribution in [2.75, 3.05) is 20.1 Å². The Morgan fingerprint density at radius 3 is 2.70 bits per heavy atom. The normalized spacial score (nSPS) is 20.4. The van der Waals surface area contributed by atoms with Gasteiger partial charge in [-0.3, -0.25) is 0 Å². The van der Waals surface area contributed by atoms with Crippen LogP contribution in [0.1, 0.15) is 18.4 Å². The number of nitrogens with one attached hydrogen (secondary N) is 1. The molecular weight excluding hydrogens is 303 g/mol. The second-order valence-corrected chi connectivity index (χ2v) is 6.75. The van der Waals surface area contributed by atoms with Crippen molar-refractivity contribution >= 4 is 22.4 Å². The monoisotopic (exact) mass is 322 g/mol. The smallest absolute Gasteiger partial charge is 0.246 e. The van der Waals surface area contributed by atoms with Crippen molar-refractivity contribution in [1.29, 1.82) is 0 Å². The Kier molecular flexibility index (Phi) is 5.94. The van der Waals surface area contributed by atoms with E-state index < -0.39 is 15.8 Å². The zero-order chi connectivity index (χ0) is 14.0. The van der Waals surface area contributed by atoms with Crippen LogP contribution in [0, 0.1) is 12.7 Å². The Bertz CT molecular complexity index is 545. The minimum absolute atomic E-state index is 0. The van der Waals surface area contributed by atoms with Crippen LogP contribution in [-0.4, -0.2) is 38.9 Å². The summed E-state index contributed by atoms with van der Waals surface area (Å²) < 4.78 is 40.3. The number of aryl methyl sites for hydroxylation is 1. The number of nitrogens with zero attached hydrogens (tertiary/aromatic N) is 1. The topological polar surface area (TPSA) is 49.4 Å². The molecule has 1 aliphatic rings. The predicted octanol–water partition coefficient (Wildman–Crippen LogP) is 1.93. The molecule has 7 heteroatoms. The molecule has 1 aromatic carbocycles. The Hall–Kier alpha value is -0.690. The first-order valence-corrected chi connectivity index (χ1v) is 7.83. The Morgan fingerprint density at radius 1 is 1.40 bits per heavy atom. The molecule has 1 atom stereocenters. The van der Waals surface area contributed by atoms with E-state index in [0.717, 1.165) is 12.8 Å². The van der Waals surface area contributed by atoms with Gasteiger partial charge in [-0.2, -0.15) is 4.31 Å². The Morgan fingerprint density at radius 2 is 2.10 bits per heavy atom. The van der Waals surface area contributed by atoms with Crippen LogP contribution in [0.2, 0.25) is 0 Å². The third-order valence-electron chi connectivity index (χ3n) is 3.55. The van der Waals surface area contributed by atoms with Gasteiger partial charge in [-0.1, -0.05) is 12.1 Å². The lowest BCUT2D eigenvalue weighted by atomic mass is 10.1. The summed E-state index contributed by atoms with van der Waals surface area (Å²) in [6.45, 7) is 2.47. The maximum Gasteiger partial charge on any atom is 0.246 e. The van der Waals surface area contributed by atoms with Crippen molar-refractivity contribution in [3.8, 4) is 0 Å². The van der Waals surface area contributed by atoms with Crippen LogP contribution < -0.4 is 5.32 Å². The number of piperidine rings is 1. The number of likely N-dealkylation sites (N-methyl/N-ethyl adjacent to an activating group) is 1. The third kappa shape index (κ3) is 3.31. The zero-order valence-corrected chi connectivity index (χ0v) is 13.2. The summed E-state index contributed by atoms with van der Waals surface area (Å²) in [6.07, 6.45) is 1.73. The van der Waals surface area contributed by atoms with Crippen LogP contribution in [0.4, 0.5) is 4.39 Å². The van der Waals surface area contributed by atoms with Crippen molar-refractivity contribution in [3.63, 3.8) is 0 Å². The number of benzene rings is 1. The highest BCUT2D eigenvalue weighted by Gasteiger charge is 2.32. The van der Waals surface area contributed by atoms with Crippen LogP contribution >= 0.6 is 12.4 Å². The summed E-state index contributed by atoms with van der Waals surface area (Å²) in [6, 6.07) is 4.47. The average Bonchev–Trinajstić information content (AvgIpc) is 2.38. The van der Waals surface area contributed by atoms with Crippen LogP contribution in [0.5, 0.6) is 0 Å². The SMILES string of the molecule is CNC1CCCN(S(=O)(=O)c2c(C)cccc2F)C1.Cl. The summed E-state index contributed by atoms with van der Waals surface area (Å²) in [5.74, 6) is -0.674. The number of rotatable bonds is 3. The molecule has 0 aromatic heterocycles. The molecule has 20 heavy (non-hydrogen) atoms. The lowest BCUT2D eigenvalue weighted by Crippen LogP contribution is -2.47. The maximum atomic E-state index is 13.9. The number of sulfonamides is 1. The Labute approximate surface area is 125 Å². The molecular formula is C13H20ClFN2O2S. The molecule has 0 saturated carbocycles. The van der Waals surface area contributed by atoms with Gasteiger partial charge in [-0.15, -0.1) is 12.4 Å². The van der Waals surface area contributed by atoms with Gasteiger partial charge in [0, 0.05) is 19.1 Å². The lowest BCUT2D eigenvalue weighted by Gasteiger charge is -2.32. The van der Waals surface area contributed by atoms with Gasteiger partial charge in [0.1, 0.15) is 10.7 Å². The quantitative estimate of drug-likeness (QED) is 0.925. The largest absolute Gasteiger partial charge is 0.316 e. The minimum Gasteiger partial charge on any atom is -0.316 e. The summed E-state index contributed by atoms with van der Waals surface area (Å²) in [5.41, 5.74) is 0.451. The van der Waals surface area contributed by atoms with E-state index in [1.807, 2.05) is 7.05 Å². The van der Waals surface area contributed by atoms with Gasteiger partial charge in [-0.05, 0) is 38.4 Å². The van der Waals surface area contributed by atoms with Crippen molar-refractivity contribution < 1.29 is 12.8 Å². The second-order valence-electron chi connectivity index (χ2n) is 4.88. The Balaban J connectivity index is 0.00000200. The van der Waals surface area contributed by atoms with Gasteiger partial charge in [0.15, 0.2) is 0 Å². The van der Waals surface area contributed by atoms with Gasteiger partial charge in [-0.25, -0.2) is 12.8 Å². The fourth-order valence-electron chi connectivity index (χ4n) is 2.47. The van der Waals surface area contributed by atoms with Crippen molar-refractivity contribution in [2.24, 2.45) is 0 Å². The van der Waals surface area contributed by atoms with E-state index in [0.29, 0.717) is 18.7 Å². The summed E-state index contributed by atoms with van der Waals surface area (Å²) in [7, 11) is -1.93. The molecule has 114 valence electrons. The molecule has 1 saturated heterocycles. The van der Waals surface area contributed by atoms with Crippen LogP contribution in [0.15, 0.2) is 23.1 Å². The number of hydrogen-bond acceptors (Lipinski definition) is 3. The minimum atomic E-state index is -3.75. The highest BCUT2D eigenvalue weighted by atomic mass is 35.5. The molecule has 0 aliphatic carbocycles. The maximum absolute atomic E-state index is 13.9. The first-order valence-electron chi connectivity index (χ1n) is 6.39. The van der Waals surface area contributed by atoms with E-state index in [9.17, 15) is 12.8 Å². The van der Waals surface area contributed by atoms with E-state index in [1.165, 1.54) is 16.4 Å². The first-order chi connectivity index (χ1) is 8.96. The van der Waals surface area contributed by atoms with Crippen molar-refractivity contribution in [1.82, 2.24) is 9.62 Å².